The van der Waals surface area contributed by atoms with Crippen LogP contribution >= 0.6 is 0 Å². The zero-order chi connectivity index (χ0) is 12.2. The third-order valence-corrected chi connectivity index (χ3v) is 2.57. The Morgan fingerprint density at radius 2 is 2.38 bits per heavy atom. The molecule has 0 radical (unpaired) electrons. The minimum absolute atomic E-state index is 0.246. The maximum atomic E-state index is 8.62. The standard InChI is InChI=1S/C10H19N5O/c1-10(2,9(11)14-16)5-6-12-8-4-7-15(3)13-8/h4,7,16H,5-6H2,1-3H3,(H2,11,14)(H,12,13). The van der Waals surface area contributed by atoms with Gasteiger partial charge in [-0.05, 0) is 6.42 Å². The molecule has 1 aromatic heterocycles. The Bertz CT molecular complexity index is 369. The predicted molar refractivity (Wildman–Crippen MR) is 63.5 cm³/mol. The van der Waals surface area contributed by atoms with Gasteiger partial charge in [0, 0.05) is 31.3 Å². The van der Waals surface area contributed by atoms with Crippen molar-refractivity contribution in [2.75, 3.05) is 11.9 Å². The van der Waals surface area contributed by atoms with E-state index in [0.29, 0.717) is 0 Å². The fourth-order valence-electron chi connectivity index (χ4n) is 1.28. The number of rotatable bonds is 5. The van der Waals surface area contributed by atoms with Crippen LogP contribution in [0, 0.1) is 5.41 Å². The molecule has 0 atom stereocenters. The lowest BCUT2D eigenvalue weighted by Crippen LogP contribution is -2.33. The Morgan fingerprint density at radius 1 is 1.69 bits per heavy atom. The van der Waals surface area contributed by atoms with E-state index in [4.69, 9.17) is 10.9 Å². The summed E-state index contributed by atoms with van der Waals surface area (Å²) in [5.41, 5.74) is 5.26. The van der Waals surface area contributed by atoms with Gasteiger partial charge in [0.2, 0.25) is 0 Å². The maximum absolute atomic E-state index is 8.62. The first-order chi connectivity index (χ1) is 7.45. The second-order valence-electron chi connectivity index (χ2n) is 4.42. The molecule has 16 heavy (non-hydrogen) atoms. The fraction of sp³-hybridized carbons (Fsp3) is 0.600. The van der Waals surface area contributed by atoms with Gasteiger partial charge >= 0.3 is 0 Å². The van der Waals surface area contributed by atoms with Crippen LogP contribution < -0.4 is 11.1 Å². The van der Waals surface area contributed by atoms with Crippen molar-refractivity contribution >= 4 is 11.7 Å². The maximum Gasteiger partial charge on any atom is 0.147 e. The molecule has 1 aromatic rings. The summed E-state index contributed by atoms with van der Waals surface area (Å²) in [5.74, 6) is 1.08. The minimum atomic E-state index is -0.323. The van der Waals surface area contributed by atoms with Crippen molar-refractivity contribution in [1.29, 1.82) is 0 Å². The molecule has 0 amide bonds. The number of hydrogen-bond acceptors (Lipinski definition) is 4. The van der Waals surface area contributed by atoms with Crippen molar-refractivity contribution in [1.82, 2.24) is 9.78 Å². The Labute approximate surface area is 95.1 Å². The normalized spacial score (nSPS) is 12.8. The van der Waals surface area contributed by atoms with Crippen molar-refractivity contribution in [3.63, 3.8) is 0 Å². The highest BCUT2D eigenvalue weighted by Gasteiger charge is 2.22. The average Bonchev–Trinajstić information content (AvgIpc) is 2.62. The van der Waals surface area contributed by atoms with E-state index in [1.807, 2.05) is 33.2 Å². The highest BCUT2D eigenvalue weighted by molar-refractivity contribution is 5.85. The van der Waals surface area contributed by atoms with Gasteiger partial charge in [-0.25, -0.2) is 0 Å². The van der Waals surface area contributed by atoms with Gasteiger partial charge in [-0.15, -0.1) is 0 Å². The van der Waals surface area contributed by atoms with E-state index in [0.717, 1.165) is 18.8 Å². The number of nitrogens with two attached hydrogens (primary N) is 1. The molecule has 1 heterocycles. The quantitative estimate of drug-likeness (QED) is 0.302. The summed E-state index contributed by atoms with van der Waals surface area (Å²) < 4.78 is 1.73. The Morgan fingerprint density at radius 3 is 2.88 bits per heavy atom. The first-order valence-corrected chi connectivity index (χ1v) is 5.17. The molecule has 0 bridgehead atoms. The van der Waals surface area contributed by atoms with E-state index in [1.165, 1.54) is 0 Å². The highest BCUT2D eigenvalue weighted by atomic mass is 16.4. The van der Waals surface area contributed by atoms with E-state index in [2.05, 4.69) is 15.6 Å². The Kier molecular flexibility index (Phi) is 3.76. The van der Waals surface area contributed by atoms with E-state index < -0.39 is 0 Å². The van der Waals surface area contributed by atoms with Gasteiger partial charge in [-0.3, -0.25) is 4.68 Å². The van der Waals surface area contributed by atoms with E-state index in [1.54, 1.807) is 4.68 Å². The second kappa shape index (κ2) is 4.87. The number of aromatic nitrogens is 2. The van der Waals surface area contributed by atoms with Crippen molar-refractivity contribution in [2.24, 2.45) is 23.4 Å². The van der Waals surface area contributed by atoms with E-state index >= 15 is 0 Å². The lowest BCUT2D eigenvalue weighted by molar-refractivity contribution is 0.306. The molecule has 1 rings (SSSR count). The molecule has 90 valence electrons. The van der Waals surface area contributed by atoms with Gasteiger partial charge < -0.3 is 16.3 Å². The molecule has 0 spiro atoms. The summed E-state index contributed by atoms with van der Waals surface area (Å²) >= 11 is 0. The van der Waals surface area contributed by atoms with Crippen LogP contribution in [-0.4, -0.2) is 27.4 Å². The molecule has 0 aliphatic rings. The number of nitrogens with one attached hydrogen (secondary N) is 1. The predicted octanol–water partition coefficient (Wildman–Crippen LogP) is 0.995. The number of nitrogens with zero attached hydrogens (tertiary/aromatic N) is 3. The summed E-state index contributed by atoms with van der Waals surface area (Å²) in [6.07, 6.45) is 2.64. The fourth-order valence-corrected chi connectivity index (χ4v) is 1.28. The summed E-state index contributed by atoms with van der Waals surface area (Å²) in [4.78, 5) is 0. The topological polar surface area (TPSA) is 88.5 Å². The van der Waals surface area contributed by atoms with Crippen LogP contribution in [0.1, 0.15) is 20.3 Å². The second-order valence-corrected chi connectivity index (χ2v) is 4.42. The summed E-state index contributed by atoms with van der Waals surface area (Å²) in [7, 11) is 1.87. The average molecular weight is 225 g/mol. The summed E-state index contributed by atoms with van der Waals surface area (Å²) in [6.45, 7) is 4.59. The van der Waals surface area contributed by atoms with Crippen LogP contribution in [0.3, 0.4) is 0 Å². The molecule has 4 N–H and O–H groups in total. The third-order valence-electron chi connectivity index (χ3n) is 2.57. The molecule has 0 aliphatic carbocycles. The molecule has 0 unspecified atom stereocenters. The van der Waals surface area contributed by atoms with Crippen LogP contribution in [0.15, 0.2) is 17.4 Å². The summed E-state index contributed by atoms with van der Waals surface area (Å²) in [6, 6.07) is 1.90. The van der Waals surface area contributed by atoms with Crippen molar-refractivity contribution in [2.45, 2.75) is 20.3 Å². The van der Waals surface area contributed by atoms with Gasteiger partial charge in [0.15, 0.2) is 0 Å². The first-order valence-electron chi connectivity index (χ1n) is 5.17. The van der Waals surface area contributed by atoms with Gasteiger partial charge in [0.05, 0.1) is 0 Å². The summed E-state index contributed by atoms with van der Waals surface area (Å²) in [5, 5.41) is 19.0. The van der Waals surface area contributed by atoms with Crippen LogP contribution in [0.2, 0.25) is 0 Å². The van der Waals surface area contributed by atoms with E-state index in [9.17, 15) is 0 Å². The zero-order valence-electron chi connectivity index (χ0n) is 9.94. The van der Waals surface area contributed by atoms with Gasteiger partial charge in [-0.1, -0.05) is 19.0 Å². The third kappa shape index (κ3) is 3.15. The lowest BCUT2D eigenvalue weighted by Gasteiger charge is -2.22. The number of amidine groups is 1. The Hall–Kier alpha value is -1.72. The van der Waals surface area contributed by atoms with Crippen LogP contribution in [-0.2, 0) is 7.05 Å². The molecular formula is C10H19N5O. The monoisotopic (exact) mass is 225 g/mol. The van der Waals surface area contributed by atoms with Crippen molar-refractivity contribution in [3.05, 3.63) is 12.3 Å². The van der Waals surface area contributed by atoms with E-state index in [-0.39, 0.29) is 11.3 Å². The molecule has 6 nitrogen and oxygen atoms in total. The van der Waals surface area contributed by atoms with Crippen LogP contribution in [0.25, 0.3) is 0 Å². The molecule has 0 fully saturated rings. The lowest BCUT2D eigenvalue weighted by atomic mass is 9.88. The number of oxime groups is 1. The van der Waals surface area contributed by atoms with Gasteiger partial charge in [0.25, 0.3) is 0 Å². The SMILES string of the molecule is Cn1ccc(NCCC(C)(C)C(N)=NO)n1. The molecule has 6 heteroatoms. The molecule has 0 saturated heterocycles. The van der Waals surface area contributed by atoms with Crippen molar-refractivity contribution in [3.8, 4) is 0 Å². The molecule has 0 aliphatic heterocycles. The first kappa shape index (κ1) is 12.4. The zero-order valence-corrected chi connectivity index (χ0v) is 9.94. The smallest absolute Gasteiger partial charge is 0.147 e. The largest absolute Gasteiger partial charge is 0.409 e. The van der Waals surface area contributed by atoms with Crippen molar-refractivity contribution < 1.29 is 5.21 Å². The van der Waals surface area contributed by atoms with Gasteiger partial charge in [0.1, 0.15) is 11.7 Å². The number of hydrogen-bond donors (Lipinski definition) is 3. The molecule has 0 saturated carbocycles. The van der Waals surface area contributed by atoms with Crippen LogP contribution in [0.5, 0.6) is 0 Å². The molecule has 0 aromatic carbocycles. The number of aryl methyl sites for hydroxylation is 1. The Balaban J connectivity index is 2.41. The van der Waals surface area contributed by atoms with Gasteiger partial charge in [-0.2, -0.15) is 5.10 Å². The van der Waals surface area contributed by atoms with Crippen LogP contribution in [0.4, 0.5) is 5.82 Å². The molecular weight excluding hydrogens is 206 g/mol. The number of anilines is 1. The minimum Gasteiger partial charge on any atom is -0.409 e. The highest BCUT2D eigenvalue weighted by Crippen LogP contribution is 2.20.